The van der Waals surface area contributed by atoms with Crippen LogP contribution in [0.5, 0.6) is 0 Å². The molecule has 7 nitrogen and oxygen atoms in total. The van der Waals surface area contributed by atoms with Crippen LogP contribution >= 0.6 is 0 Å². The Morgan fingerprint density at radius 3 is 2.42 bits per heavy atom. The van der Waals surface area contributed by atoms with Crippen LogP contribution in [0, 0.1) is 20.8 Å². The van der Waals surface area contributed by atoms with Crippen LogP contribution in [0.4, 0.5) is 5.69 Å². The molecule has 0 saturated carbocycles. The van der Waals surface area contributed by atoms with Gasteiger partial charge in [0, 0.05) is 44.2 Å². The van der Waals surface area contributed by atoms with Gasteiger partial charge in [0.25, 0.3) is 0 Å². The quantitative estimate of drug-likeness (QED) is 0.811. The monoisotopic (exact) mass is 376 g/mol. The number of rotatable bonds is 5. The van der Waals surface area contributed by atoms with E-state index in [2.05, 4.69) is 10.4 Å². The highest BCUT2D eigenvalue weighted by atomic mass is 32.2. The zero-order chi connectivity index (χ0) is 19.6. The van der Waals surface area contributed by atoms with Crippen molar-refractivity contribution in [1.29, 1.82) is 0 Å². The van der Waals surface area contributed by atoms with Crippen LogP contribution in [0.15, 0.2) is 29.2 Å². The lowest BCUT2D eigenvalue weighted by atomic mass is 10.2. The molecule has 26 heavy (non-hydrogen) atoms. The van der Waals surface area contributed by atoms with Gasteiger partial charge < -0.3 is 5.32 Å². The lowest BCUT2D eigenvalue weighted by molar-refractivity contribution is -0.111. The summed E-state index contributed by atoms with van der Waals surface area (Å²) in [6.07, 6.45) is 3.12. The minimum atomic E-state index is -3.58. The van der Waals surface area contributed by atoms with Crippen molar-refractivity contribution in [2.24, 2.45) is 7.05 Å². The van der Waals surface area contributed by atoms with E-state index in [1.165, 1.54) is 26.2 Å². The fraction of sp³-hybridized carbons (Fsp3) is 0.333. The van der Waals surface area contributed by atoms with Gasteiger partial charge in [-0.1, -0.05) is 6.07 Å². The smallest absolute Gasteiger partial charge is 0.248 e. The third-order valence-electron chi connectivity index (χ3n) is 4.18. The Morgan fingerprint density at radius 2 is 1.88 bits per heavy atom. The molecule has 2 aromatic rings. The van der Waals surface area contributed by atoms with Crippen molar-refractivity contribution in [3.05, 3.63) is 46.8 Å². The number of hydrogen-bond donors (Lipinski definition) is 1. The van der Waals surface area contributed by atoms with Crippen LogP contribution in [0.1, 0.15) is 22.5 Å². The van der Waals surface area contributed by atoms with Crippen molar-refractivity contribution < 1.29 is 13.2 Å². The van der Waals surface area contributed by atoms with E-state index in [0.717, 1.165) is 21.3 Å². The molecule has 0 spiro atoms. The summed E-state index contributed by atoms with van der Waals surface area (Å²) in [5.74, 6) is -0.343. The standard InChI is InChI=1S/C18H24N4O3S/c1-12-7-8-15(11-17(12)26(24,25)21(4)5)19-18(23)10-9-16-13(2)20-22(6)14(16)3/h7-11H,1-6H3,(H,19,23)/b10-9+. The SMILES string of the molecule is Cc1ccc(NC(=O)/C=C/c2c(C)nn(C)c2C)cc1S(=O)(=O)N(C)C. The van der Waals surface area contributed by atoms with Crippen molar-refractivity contribution in [3.8, 4) is 0 Å². The van der Waals surface area contributed by atoms with E-state index in [9.17, 15) is 13.2 Å². The van der Waals surface area contributed by atoms with E-state index < -0.39 is 10.0 Å². The van der Waals surface area contributed by atoms with Crippen LogP contribution in [0.25, 0.3) is 6.08 Å². The highest BCUT2D eigenvalue weighted by molar-refractivity contribution is 7.89. The van der Waals surface area contributed by atoms with Gasteiger partial charge in [-0.15, -0.1) is 0 Å². The fourth-order valence-corrected chi connectivity index (χ4v) is 3.67. The molecule has 0 aliphatic heterocycles. The highest BCUT2D eigenvalue weighted by Crippen LogP contribution is 2.22. The first-order chi connectivity index (χ1) is 12.0. The molecule has 1 aromatic heterocycles. The van der Waals surface area contributed by atoms with E-state index in [0.29, 0.717) is 11.3 Å². The molecule has 0 radical (unpaired) electrons. The second-order valence-electron chi connectivity index (χ2n) is 6.30. The van der Waals surface area contributed by atoms with Gasteiger partial charge in [-0.2, -0.15) is 5.10 Å². The summed E-state index contributed by atoms with van der Waals surface area (Å²) < 4.78 is 27.6. The number of hydrogen-bond acceptors (Lipinski definition) is 4. The van der Waals surface area contributed by atoms with Crippen molar-refractivity contribution in [2.45, 2.75) is 25.7 Å². The normalized spacial score (nSPS) is 12.1. The molecule has 8 heteroatoms. The molecule has 0 saturated heterocycles. The fourth-order valence-electron chi connectivity index (χ4n) is 2.53. The first kappa shape index (κ1) is 19.9. The Labute approximate surface area is 154 Å². The molecule has 1 heterocycles. The second-order valence-corrected chi connectivity index (χ2v) is 8.42. The van der Waals surface area contributed by atoms with Gasteiger partial charge in [0.05, 0.1) is 10.6 Å². The number of anilines is 1. The molecule has 1 aromatic carbocycles. The van der Waals surface area contributed by atoms with Gasteiger partial charge in [-0.05, 0) is 44.5 Å². The lowest BCUT2D eigenvalue weighted by Gasteiger charge is -2.14. The Hall–Kier alpha value is -2.45. The van der Waals surface area contributed by atoms with Crippen LogP contribution in [-0.4, -0.2) is 42.5 Å². The lowest BCUT2D eigenvalue weighted by Crippen LogP contribution is -2.23. The number of aryl methyl sites for hydroxylation is 3. The molecule has 1 N–H and O–H groups in total. The van der Waals surface area contributed by atoms with E-state index in [1.54, 1.807) is 29.8 Å². The maximum absolute atomic E-state index is 12.4. The van der Waals surface area contributed by atoms with Gasteiger partial charge in [0.1, 0.15) is 0 Å². The minimum Gasteiger partial charge on any atom is -0.322 e. The number of aromatic nitrogens is 2. The zero-order valence-electron chi connectivity index (χ0n) is 15.9. The Balaban J connectivity index is 2.24. The second kappa shape index (κ2) is 7.43. The largest absolute Gasteiger partial charge is 0.322 e. The number of sulfonamides is 1. The minimum absolute atomic E-state index is 0.170. The molecule has 0 atom stereocenters. The molecule has 1 amide bonds. The van der Waals surface area contributed by atoms with E-state index in [4.69, 9.17) is 0 Å². The third kappa shape index (κ3) is 4.03. The number of nitrogens with one attached hydrogen (secondary N) is 1. The summed E-state index contributed by atoms with van der Waals surface area (Å²) in [7, 11) is 1.22. The van der Waals surface area contributed by atoms with Crippen LogP contribution in [0.3, 0.4) is 0 Å². The van der Waals surface area contributed by atoms with E-state index in [-0.39, 0.29) is 10.8 Å². The van der Waals surface area contributed by atoms with Gasteiger partial charge in [-0.3, -0.25) is 9.48 Å². The van der Waals surface area contributed by atoms with Crippen molar-refractivity contribution in [3.63, 3.8) is 0 Å². The van der Waals surface area contributed by atoms with Crippen molar-refractivity contribution in [1.82, 2.24) is 14.1 Å². The molecule has 0 bridgehead atoms. The van der Waals surface area contributed by atoms with Gasteiger partial charge >= 0.3 is 0 Å². The van der Waals surface area contributed by atoms with Crippen LogP contribution in [0.2, 0.25) is 0 Å². The summed E-state index contributed by atoms with van der Waals surface area (Å²) >= 11 is 0. The van der Waals surface area contributed by atoms with E-state index >= 15 is 0 Å². The summed E-state index contributed by atoms with van der Waals surface area (Å²) in [6, 6.07) is 4.82. The number of benzene rings is 1. The number of carbonyl (C=O) groups excluding carboxylic acids is 1. The molecule has 0 aliphatic rings. The Kier molecular flexibility index (Phi) is 5.68. The number of amides is 1. The maximum Gasteiger partial charge on any atom is 0.248 e. The molecular weight excluding hydrogens is 352 g/mol. The van der Waals surface area contributed by atoms with E-state index in [1.807, 2.05) is 20.9 Å². The molecular formula is C18H24N4O3S. The summed E-state index contributed by atoms with van der Waals surface area (Å²) in [5.41, 5.74) is 3.73. The molecule has 140 valence electrons. The Morgan fingerprint density at radius 1 is 1.23 bits per heavy atom. The average Bonchev–Trinajstić information content (AvgIpc) is 2.79. The Bertz CT molecular complexity index is 973. The summed E-state index contributed by atoms with van der Waals surface area (Å²) in [5, 5.41) is 7.00. The summed E-state index contributed by atoms with van der Waals surface area (Å²) in [4.78, 5) is 12.4. The predicted molar refractivity (Wildman–Crippen MR) is 102 cm³/mol. The van der Waals surface area contributed by atoms with Crippen LogP contribution < -0.4 is 5.32 Å². The first-order valence-electron chi connectivity index (χ1n) is 8.06. The molecule has 0 unspecified atom stereocenters. The predicted octanol–water partition coefficient (Wildman–Crippen LogP) is 2.25. The average molecular weight is 376 g/mol. The summed E-state index contributed by atoms with van der Waals surface area (Å²) in [6.45, 7) is 5.52. The maximum atomic E-state index is 12.4. The van der Waals surface area contributed by atoms with Crippen molar-refractivity contribution in [2.75, 3.05) is 19.4 Å². The van der Waals surface area contributed by atoms with Gasteiger partial charge in [0.2, 0.25) is 15.9 Å². The topological polar surface area (TPSA) is 84.3 Å². The van der Waals surface area contributed by atoms with Gasteiger partial charge in [-0.25, -0.2) is 12.7 Å². The zero-order valence-corrected chi connectivity index (χ0v) is 16.7. The molecule has 2 rings (SSSR count). The number of carbonyl (C=O) groups is 1. The van der Waals surface area contributed by atoms with Crippen molar-refractivity contribution >= 4 is 27.7 Å². The van der Waals surface area contributed by atoms with Gasteiger partial charge in [0.15, 0.2) is 0 Å². The molecule has 0 aliphatic carbocycles. The number of nitrogens with zero attached hydrogens (tertiary/aromatic N) is 3. The highest BCUT2D eigenvalue weighted by Gasteiger charge is 2.20. The van der Waals surface area contributed by atoms with Crippen LogP contribution in [-0.2, 0) is 21.9 Å². The molecule has 0 fully saturated rings. The first-order valence-corrected chi connectivity index (χ1v) is 9.50. The third-order valence-corrected chi connectivity index (χ3v) is 6.14.